The Morgan fingerprint density at radius 1 is 1.10 bits per heavy atom. The molecule has 7 heteroatoms. The molecule has 1 amide bonds. The fourth-order valence-electron chi connectivity index (χ4n) is 1.75. The van der Waals surface area contributed by atoms with Gasteiger partial charge < -0.3 is 15.6 Å². The molecule has 2 rings (SSSR count). The summed E-state index contributed by atoms with van der Waals surface area (Å²) in [4.78, 5) is 23.1. The van der Waals surface area contributed by atoms with Crippen molar-refractivity contribution in [2.45, 2.75) is 0 Å². The van der Waals surface area contributed by atoms with Crippen molar-refractivity contribution >= 4 is 23.3 Å². The third-order valence-electron chi connectivity index (χ3n) is 2.78. The van der Waals surface area contributed by atoms with Gasteiger partial charge in [0, 0.05) is 17.7 Å². The molecule has 0 saturated carbocycles. The maximum Gasteiger partial charge on any atom is 0.337 e. The van der Waals surface area contributed by atoms with Crippen molar-refractivity contribution < 1.29 is 25.1 Å². The first kappa shape index (κ1) is 14.7. The van der Waals surface area contributed by atoms with Crippen molar-refractivity contribution in [3.8, 4) is 0 Å². The molecule has 4 N–H and O–H groups in total. The van der Waals surface area contributed by atoms with E-state index in [9.17, 15) is 14.8 Å². The van der Waals surface area contributed by atoms with Crippen LogP contribution in [0.4, 0.5) is 11.4 Å². The normalized spacial score (nSPS) is 11.7. The highest BCUT2D eigenvalue weighted by Crippen LogP contribution is 2.20. The highest BCUT2D eigenvalue weighted by Gasteiger charge is 2.16. The zero-order valence-electron chi connectivity index (χ0n) is 10.7. The lowest BCUT2D eigenvalue weighted by Gasteiger charge is -2.14. The predicted molar refractivity (Wildman–Crippen MR) is 73.6 cm³/mol. The van der Waals surface area contributed by atoms with E-state index in [2.05, 4.69) is 5.32 Å². The van der Waals surface area contributed by atoms with E-state index >= 15 is 0 Å². The van der Waals surface area contributed by atoms with Gasteiger partial charge in [0.15, 0.2) is 5.69 Å². The number of anilines is 1. The van der Waals surface area contributed by atoms with Gasteiger partial charge in [0.1, 0.15) is 0 Å². The fourth-order valence-corrected chi connectivity index (χ4v) is 1.75. The minimum atomic E-state index is -1.25. The molecule has 0 saturated heterocycles. The zero-order valence-corrected chi connectivity index (χ0v) is 10.7. The van der Waals surface area contributed by atoms with Gasteiger partial charge in [-0.2, -0.15) is 5.23 Å². The predicted octanol–water partition coefficient (Wildman–Crippen LogP) is 1.04. The van der Waals surface area contributed by atoms with Crippen molar-refractivity contribution in [1.82, 2.24) is 0 Å². The highest BCUT2D eigenvalue weighted by molar-refractivity contribution is 6.07. The van der Waals surface area contributed by atoms with Crippen molar-refractivity contribution in [1.29, 1.82) is 0 Å². The van der Waals surface area contributed by atoms with Crippen LogP contribution in [0.15, 0.2) is 48.5 Å². The fraction of sp³-hybridized carbons (Fsp3) is 0. The van der Waals surface area contributed by atoms with Gasteiger partial charge in [0.05, 0.1) is 11.3 Å². The SMILES string of the molecule is O=C(Nc1cc([NH+]([O-])O)ccc1C(=O)O)c1ccccc1. The van der Waals surface area contributed by atoms with Crippen LogP contribution in [0, 0.1) is 5.21 Å². The van der Waals surface area contributed by atoms with E-state index in [0.717, 1.165) is 12.1 Å². The van der Waals surface area contributed by atoms with Crippen LogP contribution < -0.4 is 10.5 Å². The van der Waals surface area contributed by atoms with Crippen LogP contribution in [-0.2, 0) is 0 Å². The summed E-state index contributed by atoms with van der Waals surface area (Å²) in [5.41, 5.74) is -0.00142. The monoisotopic (exact) mass is 288 g/mol. The lowest BCUT2D eigenvalue weighted by atomic mass is 10.1. The Hall–Kier alpha value is -2.74. The molecule has 0 heterocycles. The number of carboxylic acid groups (broad SMARTS) is 1. The van der Waals surface area contributed by atoms with Crippen LogP contribution in [0.2, 0.25) is 0 Å². The summed E-state index contributed by atoms with van der Waals surface area (Å²) in [7, 11) is 0. The Balaban J connectivity index is 2.35. The largest absolute Gasteiger partial charge is 0.595 e. The molecule has 0 radical (unpaired) electrons. The number of quaternary nitrogens is 1. The van der Waals surface area contributed by atoms with Crippen LogP contribution in [0.3, 0.4) is 0 Å². The summed E-state index contributed by atoms with van der Waals surface area (Å²) >= 11 is 0. The van der Waals surface area contributed by atoms with Crippen LogP contribution in [0.5, 0.6) is 0 Å². The maximum absolute atomic E-state index is 12.0. The van der Waals surface area contributed by atoms with E-state index in [-0.39, 0.29) is 16.9 Å². The lowest BCUT2D eigenvalue weighted by Crippen LogP contribution is -2.99. The number of rotatable bonds is 4. The van der Waals surface area contributed by atoms with Gasteiger partial charge in [-0.3, -0.25) is 4.79 Å². The van der Waals surface area contributed by atoms with Gasteiger partial charge in [-0.05, 0) is 18.2 Å². The molecule has 108 valence electrons. The Bertz CT molecular complexity index is 670. The number of hydrogen-bond donors (Lipinski definition) is 4. The number of hydrogen-bond acceptors (Lipinski definition) is 4. The van der Waals surface area contributed by atoms with Gasteiger partial charge in [-0.25, -0.2) is 10.0 Å². The molecule has 2 aromatic carbocycles. The molecule has 1 atom stereocenters. The van der Waals surface area contributed by atoms with Crippen molar-refractivity contribution in [3.63, 3.8) is 0 Å². The van der Waals surface area contributed by atoms with Crippen LogP contribution in [0.1, 0.15) is 20.7 Å². The highest BCUT2D eigenvalue weighted by atomic mass is 16.8. The number of carbonyl (C=O) groups is 2. The van der Waals surface area contributed by atoms with Gasteiger partial charge in [0.2, 0.25) is 0 Å². The summed E-state index contributed by atoms with van der Waals surface area (Å²) in [6, 6.07) is 11.6. The Morgan fingerprint density at radius 2 is 1.76 bits per heavy atom. The molecule has 0 aliphatic rings. The van der Waals surface area contributed by atoms with Crippen LogP contribution in [-0.4, -0.2) is 22.2 Å². The van der Waals surface area contributed by atoms with E-state index in [0.29, 0.717) is 5.56 Å². The molecular weight excluding hydrogens is 276 g/mol. The minimum absolute atomic E-state index is 0.0590. The molecule has 1 unspecified atom stereocenters. The van der Waals surface area contributed by atoms with Crippen molar-refractivity contribution in [2.24, 2.45) is 0 Å². The molecule has 7 nitrogen and oxygen atoms in total. The summed E-state index contributed by atoms with van der Waals surface area (Å²) in [6.45, 7) is 0. The van der Waals surface area contributed by atoms with E-state index in [4.69, 9.17) is 10.3 Å². The van der Waals surface area contributed by atoms with Crippen molar-refractivity contribution in [2.75, 3.05) is 5.32 Å². The second kappa shape index (κ2) is 6.14. The number of benzene rings is 2. The van der Waals surface area contributed by atoms with Crippen LogP contribution in [0.25, 0.3) is 0 Å². The van der Waals surface area contributed by atoms with Crippen molar-refractivity contribution in [3.05, 3.63) is 64.9 Å². The third-order valence-corrected chi connectivity index (χ3v) is 2.78. The molecule has 0 fully saturated rings. The first-order valence-corrected chi connectivity index (χ1v) is 5.96. The number of carbonyl (C=O) groups excluding carboxylic acids is 1. The van der Waals surface area contributed by atoms with Gasteiger partial charge in [-0.15, -0.1) is 0 Å². The molecule has 21 heavy (non-hydrogen) atoms. The first-order valence-electron chi connectivity index (χ1n) is 5.96. The molecule has 0 bridgehead atoms. The standard InChI is InChI=1S/C14H12N2O5/c17-13(9-4-2-1-3-5-9)15-12-8-10(16(20)21)6-7-11(12)14(18)19/h1-8,16,20H,(H,15,17)(H,18,19). The molecule has 2 aromatic rings. The maximum atomic E-state index is 12.0. The average molecular weight is 288 g/mol. The van der Waals surface area contributed by atoms with Gasteiger partial charge in [-0.1, -0.05) is 18.2 Å². The number of aromatic carboxylic acids is 1. The van der Waals surface area contributed by atoms with Crippen LogP contribution >= 0.6 is 0 Å². The summed E-state index contributed by atoms with van der Waals surface area (Å²) in [5, 5.41) is 30.2. The molecule has 0 aromatic heterocycles. The van der Waals surface area contributed by atoms with E-state index < -0.39 is 17.1 Å². The Labute approximate surface area is 119 Å². The molecule has 0 aliphatic carbocycles. The topological polar surface area (TPSA) is 114 Å². The minimum Gasteiger partial charge on any atom is -0.595 e. The second-order valence-electron chi connectivity index (χ2n) is 4.19. The zero-order chi connectivity index (χ0) is 15.4. The quantitative estimate of drug-likeness (QED) is 0.628. The number of nitrogens with one attached hydrogen (secondary N) is 2. The first-order chi connectivity index (χ1) is 9.99. The second-order valence-corrected chi connectivity index (χ2v) is 4.19. The van der Waals surface area contributed by atoms with E-state index in [1.807, 2.05) is 0 Å². The van der Waals surface area contributed by atoms with Gasteiger partial charge >= 0.3 is 5.97 Å². The number of amides is 1. The third kappa shape index (κ3) is 3.42. The number of carboxylic acids is 1. The summed E-state index contributed by atoms with van der Waals surface area (Å²) in [6.07, 6.45) is 0. The lowest BCUT2D eigenvalue weighted by molar-refractivity contribution is -0.991. The molecular formula is C14H12N2O5. The van der Waals surface area contributed by atoms with E-state index in [1.165, 1.54) is 6.07 Å². The summed E-state index contributed by atoms with van der Waals surface area (Å²) < 4.78 is 0. The smallest absolute Gasteiger partial charge is 0.337 e. The summed E-state index contributed by atoms with van der Waals surface area (Å²) in [5.74, 6) is -1.77. The Morgan fingerprint density at radius 3 is 2.33 bits per heavy atom. The Kier molecular flexibility index (Phi) is 4.29. The molecule has 0 aliphatic heterocycles. The molecule has 0 spiro atoms. The average Bonchev–Trinajstić information content (AvgIpc) is 2.47. The van der Waals surface area contributed by atoms with Gasteiger partial charge in [0.25, 0.3) is 5.91 Å². The van der Waals surface area contributed by atoms with E-state index in [1.54, 1.807) is 30.3 Å².